The fourth-order valence-corrected chi connectivity index (χ4v) is 1.75. The third-order valence-corrected chi connectivity index (χ3v) is 2.79. The van der Waals surface area contributed by atoms with Crippen molar-refractivity contribution in [2.24, 2.45) is 0 Å². The van der Waals surface area contributed by atoms with E-state index in [0.29, 0.717) is 23.1 Å². The van der Waals surface area contributed by atoms with Gasteiger partial charge in [-0.05, 0) is 24.3 Å². The number of benzene rings is 1. The van der Waals surface area contributed by atoms with Crippen LogP contribution in [0.2, 0.25) is 0 Å². The van der Waals surface area contributed by atoms with Gasteiger partial charge in [0, 0.05) is 17.4 Å². The number of halogens is 3. The van der Waals surface area contributed by atoms with E-state index in [9.17, 15) is 8.78 Å². The lowest BCUT2D eigenvalue weighted by Crippen LogP contribution is -2.03. The molecule has 0 unspecified atom stereocenters. The number of aromatic nitrogens is 2. The van der Waals surface area contributed by atoms with Crippen LogP contribution in [0.3, 0.4) is 0 Å². The maximum Gasteiger partial charge on any atom is 0.387 e. The van der Waals surface area contributed by atoms with Crippen molar-refractivity contribution >= 4 is 23.2 Å². The van der Waals surface area contributed by atoms with Crippen LogP contribution >= 0.6 is 11.6 Å². The Hall–Kier alpha value is -2.15. The van der Waals surface area contributed by atoms with Gasteiger partial charge in [-0.3, -0.25) is 0 Å². The Labute approximate surface area is 124 Å². The van der Waals surface area contributed by atoms with E-state index in [0.717, 1.165) is 0 Å². The maximum atomic E-state index is 12.0. The Bertz CT molecular complexity index is 596. The lowest BCUT2D eigenvalue weighted by atomic mass is 10.3. The molecule has 1 heterocycles. The summed E-state index contributed by atoms with van der Waals surface area (Å²) < 4.78 is 33.4. The number of anilines is 2. The van der Waals surface area contributed by atoms with Crippen molar-refractivity contribution in [3.05, 3.63) is 36.0 Å². The molecular weight excluding hydrogens is 304 g/mol. The molecule has 0 saturated heterocycles. The Morgan fingerprint density at radius 1 is 1.29 bits per heavy atom. The zero-order valence-corrected chi connectivity index (χ0v) is 11.8. The lowest BCUT2D eigenvalue weighted by Gasteiger charge is -2.09. The van der Waals surface area contributed by atoms with Crippen LogP contribution in [0.1, 0.15) is 5.56 Å². The van der Waals surface area contributed by atoms with Crippen LogP contribution in [-0.2, 0) is 5.88 Å². The molecule has 0 bridgehead atoms. The van der Waals surface area contributed by atoms with Crippen LogP contribution in [0.15, 0.2) is 30.5 Å². The Kier molecular flexibility index (Phi) is 5.10. The first-order valence-electron chi connectivity index (χ1n) is 5.90. The second-order valence-electron chi connectivity index (χ2n) is 3.89. The van der Waals surface area contributed by atoms with Gasteiger partial charge < -0.3 is 14.8 Å². The Balaban J connectivity index is 2.11. The molecule has 0 fully saturated rings. The molecule has 2 rings (SSSR count). The molecule has 1 aromatic heterocycles. The van der Waals surface area contributed by atoms with Gasteiger partial charge in [0.05, 0.1) is 13.0 Å². The van der Waals surface area contributed by atoms with Gasteiger partial charge in [0.15, 0.2) is 0 Å². The maximum absolute atomic E-state index is 12.0. The average Bonchev–Trinajstić information content (AvgIpc) is 2.48. The minimum atomic E-state index is -2.85. The van der Waals surface area contributed by atoms with Crippen LogP contribution in [0.4, 0.5) is 20.4 Å². The fraction of sp³-hybridized carbons (Fsp3) is 0.231. The van der Waals surface area contributed by atoms with E-state index in [1.54, 1.807) is 18.3 Å². The number of hydrogen-bond acceptors (Lipinski definition) is 5. The van der Waals surface area contributed by atoms with Gasteiger partial charge in [0.2, 0.25) is 11.8 Å². The molecule has 1 aromatic carbocycles. The first kappa shape index (κ1) is 15.2. The largest absolute Gasteiger partial charge is 0.481 e. The van der Waals surface area contributed by atoms with Crippen LogP contribution in [0, 0.1) is 0 Å². The fourth-order valence-electron chi connectivity index (χ4n) is 1.57. The van der Waals surface area contributed by atoms with E-state index < -0.39 is 6.61 Å². The number of nitrogens with one attached hydrogen (secondary N) is 1. The van der Waals surface area contributed by atoms with Gasteiger partial charge in [-0.25, -0.2) is 4.98 Å². The Morgan fingerprint density at radius 2 is 2.00 bits per heavy atom. The van der Waals surface area contributed by atoms with E-state index in [1.807, 2.05) is 0 Å². The van der Waals surface area contributed by atoms with Crippen molar-refractivity contribution in [3.63, 3.8) is 0 Å². The molecule has 1 N–H and O–H groups in total. The van der Waals surface area contributed by atoms with Crippen molar-refractivity contribution in [1.82, 2.24) is 9.97 Å². The van der Waals surface area contributed by atoms with Crippen LogP contribution in [0.5, 0.6) is 11.6 Å². The predicted octanol–water partition coefficient (Wildman–Crippen LogP) is 3.57. The number of ether oxygens (including phenoxy) is 2. The van der Waals surface area contributed by atoms with E-state index >= 15 is 0 Å². The minimum absolute atomic E-state index is 0.0755. The second kappa shape index (κ2) is 7.03. The van der Waals surface area contributed by atoms with Gasteiger partial charge in [-0.15, -0.1) is 11.6 Å². The van der Waals surface area contributed by atoms with Crippen molar-refractivity contribution in [3.8, 4) is 11.6 Å². The Morgan fingerprint density at radius 3 is 2.57 bits per heavy atom. The summed E-state index contributed by atoms with van der Waals surface area (Å²) in [5.41, 5.74) is 1.29. The summed E-state index contributed by atoms with van der Waals surface area (Å²) in [6, 6.07) is 5.98. The van der Waals surface area contributed by atoms with Crippen LogP contribution in [-0.4, -0.2) is 23.7 Å². The topological polar surface area (TPSA) is 56.3 Å². The van der Waals surface area contributed by atoms with Gasteiger partial charge >= 0.3 is 6.61 Å². The number of hydrogen-bond donors (Lipinski definition) is 1. The smallest absolute Gasteiger partial charge is 0.387 e. The average molecular weight is 316 g/mol. The molecule has 0 atom stereocenters. The number of nitrogens with zero attached hydrogens (tertiary/aromatic N) is 2. The molecule has 0 amide bonds. The van der Waals surface area contributed by atoms with Crippen LogP contribution < -0.4 is 14.8 Å². The highest BCUT2D eigenvalue weighted by Crippen LogP contribution is 2.22. The highest BCUT2D eigenvalue weighted by molar-refractivity contribution is 6.17. The molecule has 0 aliphatic carbocycles. The third-order valence-electron chi connectivity index (χ3n) is 2.50. The molecule has 0 saturated carbocycles. The standard InChI is InChI=1S/C13H12ClF2N3O2/c1-20-11-8(6-14)7-17-13(19-11)18-9-2-4-10(5-3-9)21-12(15)16/h2-5,7,12H,6H2,1H3,(H,17,18,19). The molecular formula is C13H12ClF2N3O2. The number of methoxy groups -OCH3 is 1. The van der Waals surface area contributed by atoms with Gasteiger partial charge in [-0.1, -0.05) is 0 Å². The molecule has 2 aromatic rings. The minimum Gasteiger partial charge on any atom is -0.481 e. The quantitative estimate of drug-likeness (QED) is 0.826. The highest BCUT2D eigenvalue weighted by Gasteiger charge is 2.08. The SMILES string of the molecule is COc1nc(Nc2ccc(OC(F)F)cc2)ncc1CCl. The van der Waals surface area contributed by atoms with Crippen molar-refractivity contribution in [2.75, 3.05) is 12.4 Å². The molecule has 0 aliphatic heterocycles. The van der Waals surface area contributed by atoms with E-state index in [4.69, 9.17) is 16.3 Å². The molecule has 5 nitrogen and oxygen atoms in total. The molecule has 0 aliphatic rings. The zero-order chi connectivity index (χ0) is 15.2. The van der Waals surface area contributed by atoms with Crippen molar-refractivity contribution in [1.29, 1.82) is 0 Å². The molecule has 8 heteroatoms. The first-order valence-corrected chi connectivity index (χ1v) is 6.43. The van der Waals surface area contributed by atoms with E-state index in [2.05, 4.69) is 20.0 Å². The van der Waals surface area contributed by atoms with E-state index in [-0.39, 0.29) is 11.6 Å². The summed E-state index contributed by atoms with van der Waals surface area (Å²) in [7, 11) is 1.48. The molecule has 0 radical (unpaired) electrons. The van der Waals surface area contributed by atoms with Crippen molar-refractivity contribution < 1.29 is 18.3 Å². The molecule has 0 spiro atoms. The summed E-state index contributed by atoms with van der Waals surface area (Å²) >= 11 is 5.73. The summed E-state index contributed by atoms with van der Waals surface area (Å²) in [6.07, 6.45) is 1.55. The summed E-state index contributed by atoms with van der Waals surface area (Å²) in [4.78, 5) is 8.23. The van der Waals surface area contributed by atoms with E-state index in [1.165, 1.54) is 19.2 Å². The summed E-state index contributed by atoms with van der Waals surface area (Å²) in [6.45, 7) is -2.85. The first-order chi connectivity index (χ1) is 10.1. The van der Waals surface area contributed by atoms with Crippen LogP contribution in [0.25, 0.3) is 0 Å². The second-order valence-corrected chi connectivity index (χ2v) is 4.16. The summed E-state index contributed by atoms with van der Waals surface area (Å²) in [5, 5.41) is 2.92. The predicted molar refractivity (Wildman–Crippen MR) is 74.5 cm³/mol. The molecule has 112 valence electrons. The number of alkyl halides is 3. The number of rotatable bonds is 6. The lowest BCUT2D eigenvalue weighted by molar-refractivity contribution is -0.0498. The molecule has 21 heavy (non-hydrogen) atoms. The third kappa shape index (κ3) is 4.16. The van der Waals surface area contributed by atoms with Gasteiger partial charge in [-0.2, -0.15) is 13.8 Å². The highest BCUT2D eigenvalue weighted by atomic mass is 35.5. The van der Waals surface area contributed by atoms with Crippen molar-refractivity contribution in [2.45, 2.75) is 12.5 Å². The van der Waals surface area contributed by atoms with Gasteiger partial charge in [0.1, 0.15) is 5.75 Å². The zero-order valence-electron chi connectivity index (χ0n) is 11.0. The monoisotopic (exact) mass is 315 g/mol. The van der Waals surface area contributed by atoms with Gasteiger partial charge in [0.25, 0.3) is 0 Å². The normalized spacial score (nSPS) is 10.5. The summed E-state index contributed by atoms with van der Waals surface area (Å²) in [5.74, 6) is 0.998.